The summed E-state index contributed by atoms with van der Waals surface area (Å²) in [6.07, 6.45) is 14.1. The monoisotopic (exact) mass is 1030 g/mol. The lowest BCUT2D eigenvalue weighted by Crippen LogP contribution is -2.42. The van der Waals surface area contributed by atoms with Gasteiger partial charge < -0.3 is 41.5 Å². The number of amides is 3. The van der Waals surface area contributed by atoms with Crippen molar-refractivity contribution in [2.45, 2.75) is 186 Å². The molecule has 2 saturated heterocycles. The lowest BCUT2D eigenvalue weighted by atomic mass is 9.94. The van der Waals surface area contributed by atoms with Crippen molar-refractivity contribution in [2.75, 3.05) is 6.54 Å². The molecule has 2 aliphatic heterocycles. The van der Waals surface area contributed by atoms with Crippen LogP contribution in [-0.4, -0.2) is 105 Å². The van der Waals surface area contributed by atoms with Gasteiger partial charge in [-0.1, -0.05) is 127 Å². The van der Waals surface area contributed by atoms with Gasteiger partial charge in [0.15, 0.2) is 2.74 Å². The van der Waals surface area contributed by atoms with E-state index < -0.39 is 90.1 Å². The quantitative estimate of drug-likeness (QED) is 0.0162. The second-order valence-electron chi connectivity index (χ2n) is 16.3. The average molecular weight is 1030 g/mol. The Bertz CT molecular complexity index is 1550. The van der Waals surface area contributed by atoms with Crippen molar-refractivity contribution in [2.24, 2.45) is 11.8 Å². The number of carboxylic acids is 5. The summed E-state index contributed by atoms with van der Waals surface area (Å²) in [6, 6.07) is -2.76. The number of nitrogens with one attached hydrogen (secondary N) is 3. The van der Waals surface area contributed by atoms with E-state index in [9.17, 15) is 63.6 Å². The molecule has 3 amide bonds. The van der Waals surface area contributed by atoms with E-state index >= 15 is 0 Å². The summed E-state index contributed by atoms with van der Waals surface area (Å²) < 4.78 is -0.00903. The van der Waals surface area contributed by atoms with Crippen LogP contribution in [0.1, 0.15) is 167 Å². The van der Waals surface area contributed by atoms with E-state index in [-0.39, 0.29) is 58.8 Å². The van der Waals surface area contributed by atoms with E-state index in [1.165, 1.54) is 25.7 Å². The highest BCUT2D eigenvalue weighted by atomic mass is 33.2. The minimum absolute atomic E-state index is 0.0769. The van der Waals surface area contributed by atoms with E-state index in [1.807, 2.05) is 0 Å². The Labute approximate surface area is 405 Å². The molecule has 23 heteroatoms. The first-order valence-electron chi connectivity index (χ1n) is 22.6. The highest BCUT2D eigenvalue weighted by Gasteiger charge is 2.53. The molecule has 2 aliphatic rings. The number of carbonyl (C=O) groups excluding carboxylic acids is 4. The van der Waals surface area contributed by atoms with Gasteiger partial charge in [0.25, 0.3) is 0 Å². The summed E-state index contributed by atoms with van der Waals surface area (Å²) in [5.41, 5.74) is 0. The van der Waals surface area contributed by atoms with Crippen molar-refractivity contribution < 1.29 is 68.7 Å². The predicted molar refractivity (Wildman–Crippen MR) is 259 cm³/mol. The molecule has 2 rings (SSSR count). The van der Waals surface area contributed by atoms with Gasteiger partial charge in [-0.15, -0.1) is 0 Å². The molecule has 0 aromatic carbocycles. The van der Waals surface area contributed by atoms with Crippen molar-refractivity contribution in [3.8, 4) is 0 Å². The Balaban J connectivity index is 1.57. The van der Waals surface area contributed by atoms with E-state index in [0.717, 1.165) is 57.8 Å². The van der Waals surface area contributed by atoms with Crippen LogP contribution in [0.15, 0.2) is 0 Å². The van der Waals surface area contributed by atoms with Crippen molar-refractivity contribution in [3.05, 3.63) is 0 Å². The number of hydrogen-bond acceptors (Lipinski definition) is 15. The molecule has 0 radical (unpaired) electrons. The first-order chi connectivity index (χ1) is 31.0. The van der Waals surface area contributed by atoms with Crippen LogP contribution in [0.25, 0.3) is 0 Å². The third-order valence-corrected chi connectivity index (χ3v) is 24.7. The number of unbranched alkanes of at least 4 members (excludes halogenated alkanes) is 14. The molecule has 65 heavy (non-hydrogen) atoms. The Kier molecular flexibility index (Phi) is 30.6. The molecule has 1 spiro atoms. The van der Waals surface area contributed by atoms with Gasteiger partial charge in [0, 0.05) is 45.1 Å². The largest absolute Gasteiger partial charge is 0.481 e. The first-order valence-corrected chi connectivity index (χ1v) is 29.2. The Hall–Kier alpha value is -2.47. The van der Waals surface area contributed by atoms with Crippen LogP contribution in [0.5, 0.6) is 0 Å². The lowest BCUT2D eigenvalue weighted by molar-refractivity contribution is -0.145. The molecule has 2 fully saturated rings. The van der Waals surface area contributed by atoms with Crippen molar-refractivity contribution in [3.63, 3.8) is 0 Å². The van der Waals surface area contributed by atoms with Crippen LogP contribution >= 0.6 is 64.8 Å². The van der Waals surface area contributed by atoms with Crippen LogP contribution in [0.3, 0.4) is 0 Å². The molecule has 0 aromatic rings. The summed E-state index contributed by atoms with van der Waals surface area (Å²) >= 11 is 0. The molecule has 4 atom stereocenters. The van der Waals surface area contributed by atoms with Crippen LogP contribution in [0.2, 0.25) is 0 Å². The number of carboxylic acid groups (broad SMARTS) is 5. The Morgan fingerprint density at radius 1 is 0.446 bits per heavy atom. The molecular formula is C42H67N3O14S6. The number of hydrogen-bond donors (Lipinski definition) is 8. The average Bonchev–Trinajstić information content (AvgIpc) is 4.01. The predicted octanol–water partition coefficient (Wildman–Crippen LogP) is 8.55. The third-order valence-electron chi connectivity index (χ3n) is 10.8. The highest BCUT2D eigenvalue weighted by Crippen LogP contribution is 2.84. The molecule has 0 saturated carbocycles. The second kappa shape index (κ2) is 33.9. The van der Waals surface area contributed by atoms with Gasteiger partial charge >= 0.3 is 29.8 Å². The molecular weight excluding hydrogens is 963 g/mol. The molecule has 370 valence electrons. The van der Waals surface area contributed by atoms with Crippen molar-refractivity contribution in [1.29, 1.82) is 0 Å². The van der Waals surface area contributed by atoms with Crippen LogP contribution < -0.4 is 16.0 Å². The molecule has 0 aliphatic carbocycles. The zero-order valence-electron chi connectivity index (χ0n) is 36.8. The van der Waals surface area contributed by atoms with Crippen LogP contribution in [0.4, 0.5) is 0 Å². The molecule has 0 unspecified atom stereocenters. The Morgan fingerprint density at radius 2 is 0.908 bits per heavy atom. The smallest absolute Gasteiger partial charge is 0.326 e. The third kappa shape index (κ3) is 27.8. The summed E-state index contributed by atoms with van der Waals surface area (Å²) in [7, 11) is 10.1. The number of aliphatic carboxylic acids is 5. The van der Waals surface area contributed by atoms with Gasteiger partial charge in [-0.05, 0) is 66.5 Å². The van der Waals surface area contributed by atoms with Crippen molar-refractivity contribution >= 4 is 118 Å². The number of rotatable bonds is 40. The minimum atomic E-state index is -1.43. The summed E-state index contributed by atoms with van der Waals surface area (Å²) in [4.78, 5) is 108. The van der Waals surface area contributed by atoms with Gasteiger partial charge in [0.05, 0.1) is 16.4 Å². The molecule has 2 heterocycles. The number of carbonyl (C=O) groups is 9. The van der Waals surface area contributed by atoms with E-state index in [0.29, 0.717) is 25.7 Å². The lowest BCUT2D eigenvalue weighted by Gasteiger charge is -2.27. The maximum atomic E-state index is 12.7. The van der Waals surface area contributed by atoms with Gasteiger partial charge in [0.1, 0.15) is 17.9 Å². The van der Waals surface area contributed by atoms with Gasteiger partial charge in [0.2, 0.25) is 17.7 Å². The molecule has 17 nitrogen and oxygen atoms in total. The van der Waals surface area contributed by atoms with Crippen LogP contribution in [0, 0.1) is 11.8 Å². The zero-order chi connectivity index (χ0) is 48.0. The fraction of sp³-hybridized carbons (Fsp3) is 0.786. The maximum absolute atomic E-state index is 12.7. The highest BCUT2D eigenvalue weighted by molar-refractivity contribution is 9.14. The first kappa shape index (κ1) is 58.7. The Morgan fingerprint density at radius 3 is 1.37 bits per heavy atom. The standard InChI is InChI=1S/C42H67N3O14S6/c46-29(21-22-31(39(56)57)44-34(48)18-13-11-9-7-5-3-1-2-4-6-8-10-12-14-19-36(50)51)27-28(37(52)53)20-24-35(49)45-32(40(58)59)23-25-33(47)43-26-16-15-17-30(38(54)55)41-60-62-42(63-61-41)64-65-42/h28,30-32,41H,1-27H2,(H,43,47)(H,44,48)(H,45,49)(H,50,51)(H,52,53)(H,54,55)(H,56,57)(H,58,59)/t28-,30+,31+,32+/m1/s1. The normalized spacial score (nSPS) is 16.1. The molecule has 8 N–H and O–H groups in total. The topological polar surface area (TPSA) is 291 Å². The minimum Gasteiger partial charge on any atom is -0.481 e. The SMILES string of the molecule is O=C(O)CCCCCCCCCCCCCCCCC(=O)N[C@@H](CCC(=O)C[C@@H](CCC(=O)N[C@@H](CCC(=O)NCCCC[C@@H](C(=O)O)C1SSC2(SS1)SS2)C(=O)O)C(=O)O)C(=O)O. The molecule has 0 bridgehead atoms. The summed E-state index contributed by atoms with van der Waals surface area (Å²) in [5, 5.41) is 54.8. The van der Waals surface area contributed by atoms with E-state index in [1.54, 1.807) is 64.8 Å². The fourth-order valence-corrected chi connectivity index (χ4v) is 20.8. The molecule has 0 aromatic heterocycles. The zero-order valence-corrected chi connectivity index (χ0v) is 41.7. The van der Waals surface area contributed by atoms with Crippen molar-refractivity contribution in [1.82, 2.24) is 16.0 Å². The second-order valence-corrected chi connectivity index (χ2v) is 25.9. The number of ketones is 1. The fourth-order valence-electron chi connectivity index (χ4n) is 6.95. The van der Waals surface area contributed by atoms with Crippen LogP contribution in [-0.2, 0) is 43.2 Å². The summed E-state index contributed by atoms with van der Waals surface area (Å²) in [5.74, 6) is -9.72. The number of Topliss-reactive ketones (excluding diaryl/α,β-unsaturated/α-hetero) is 1. The van der Waals surface area contributed by atoms with Gasteiger partial charge in [-0.3, -0.25) is 33.6 Å². The van der Waals surface area contributed by atoms with Gasteiger partial charge in [-0.2, -0.15) is 0 Å². The van der Waals surface area contributed by atoms with E-state index in [2.05, 4.69) is 16.0 Å². The summed E-state index contributed by atoms with van der Waals surface area (Å²) in [6.45, 7) is 0.271. The van der Waals surface area contributed by atoms with E-state index in [4.69, 9.17) is 5.11 Å². The maximum Gasteiger partial charge on any atom is 0.326 e. The van der Waals surface area contributed by atoms with Gasteiger partial charge in [-0.25, -0.2) is 9.59 Å².